The molecule has 3 rings (SSSR count). The Bertz CT molecular complexity index is 331. The van der Waals surface area contributed by atoms with E-state index in [0.29, 0.717) is 6.10 Å². The Morgan fingerprint density at radius 3 is 2.69 bits per heavy atom. The fourth-order valence-electron chi connectivity index (χ4n) is 2.16. The van der Waals surface area contributed by atoms with Gasteiger partial charge < -0.3 is 9.64 Å². The van der Waals surface area contributed by atoms with Crippen molar-refractivity contribution in [1.82, 2.24) is 9.88 Å². The molecular weight excluding hydrogens is 202 g/mol. The van der Waals surface area contributed by atoms with Gasteiger partial charge >= 0.3 is 0 Å². The SMILES string of the molecule is c1ccc(N2CCN(CC3CO3)CC2)nc1. The summed E-state index contributed by atoms with van der Waals surface area (Å²) in [5, 5.41) is 0. The first kappa shape index (κ1) is 10.1. The van der Waals surface area contributed by atoms with Gasteiger partial charge in [0.1, 0.15) is 5.82 Å². The van der Waals surface area contributed by atoms with Crippen molar-refractivity contribution >= 4 is 5.82 Å². The fraction of sp³-hybridized carbons (Fsp3) is 0.583. The second-order valence-electron chi connectivity index (χ2n) is 4.43. The molecule has 86 valence electrons. The van der Waals surface area contributed by atoms with Crippen molar-refractivity contribution in [2.24, 2.45) is 0 Å². The molecule has 2 saturated heterocycles. The molecule has 1 aromatic heterocycles. The van der Waals surface area contributed by atoms with E-state index in [1.165, 1.54) is 0 Å². The lowest BCUT2D eigenvalue weighted by atomic mass is 10.3. The number of ether oxygens (including phenoxy) is 1. The monoisotopic (exact) mass is 219 g/mol. The van der Waals surface area contributed by atoms with E-state index in [4.69, 9.17) is 4.74 Å². The molecule has 0 N–H and O–H groups in total. The Morgan fingerprint density at radius 1 is 1.25 bits per heavy atom. The van der Waals surface area contributed by atoms with E-state index in [-0.39, 0.29) is 0 Å². The zero-order valence-corrected chi connectivity index (χ0v) is 9.38. The number of hydrogen-bond acceptors (Lipinski definition) is 4. The van der Waals surface area contributed by atoms with Crippen molar-refractivity contribution in [2.75, 3.05) is 44.2 Å². The smallest absolute Gasteiger partial charge is 0.128 e. The van der Waals surface area contributed by atoms with E-state index in [2.05, 4.69) is 20.9 Å². The predicted molar refractivity (Wildman–Crippen MR) is 62.6 cm³/mol. The lowest BCUT2D eigenvalue weighted by molar-refractivity contribution is 0.230. The highest BCUT2D eigenvalue weighted by Gasteiger charge is 2.27. The van der Waals surface area contributed by atoms with Crippen molar-refractivity contribution in [3.63, 3.8) is 0 Å². The molecule has 1 unspecified atom stereocenters. The van der Waals surface area contributed by atoms with E-state index in [1.54, 1.807) is 0 Å². The quantitative estimate of drug-likeness (QED) is 0.697. The van der Waals surface area contributed by atoms with Crippen LogP contribution in [0.1, 0.15) is 0 Å². The first-order valence-electron chi connectivity index (χ1n) is 5.92. The molecule has 2 aliphatic heterocycles. The van der Waals surface area contributed by atoms with Crippen LogP contribution in [0.4, 0.5) is 5.82 Å². The van der Waals surface area contributed by atoms with Gasteiger partial charge in [-0.05, 0) is 12.1 Å². The van der Waals surface area contributed by atoms with Gasteiger partial charge in [-0.3, -0.25) is 4.90 Å². The first-order valence-corrected chi connectivity index (χ1v) is 5.92. The van der Waals surface area contributed by atoms with E-state index in [9.17, 15) is 0 Å². The highest BCUT2D eigenvalue weighted by molar-refractivity contribution is 5.38. The Kier molecular flexibility index (Phi) is 2.76. The minimum Gasteiger partial charge on any atom is -0.372 e. The number of nitrogens with zero attached hydrogens (tertiary/aromatic N) is 3. The Hall–Kier alpha value is -1.13. The molecule has 0 amide bonds. The highest BCUT2D eigenvalue weighted by atomic mass is 16.6. The second kappa shape index (κ2) is 4.39. The van der Waals surface area contributed by atoms with Crippen molar-refractivity contribution in [1.29, 1.82) is 0 Å². The van der Waals surface area contributed by atoms with Gasteiger partial charge in [0.05, 0.1) is 12.7 Å². The molecule has 4 heteroatoms. The average molecular weight is 219 g/mol. The summed E-state index contributed by atoms with van der Waals surface area (Å²) < 4.78 is 5.26. The maximum Gasteiger partial charge on any atom is 0.128 e. The highest BCUT2D eigenvalue weighted by Crippen LogP contribution is 2.15. The summed E-state index contributed by atoms with van der Waals surface area (Å²) in [5.41, 5.74) is 0. The van der Waals surface area contributed by atoms with Gasteiger partial charge in [-0.2, -0.15) is 0 Å². The van der Waals surface area contributed by atoms with Gasteiger partial charge in [0.2, 0.25) is 0 Å². The number of aromatic nitrogens is 1. The Morgan fingerprint density at radius 2 is 2.06 bits per heavy atom. The van der Waals surface area contributed by atoms with Crippen LogP contribution in [0.5, 0.6) is 0 Å². The second-order valence-corrected chi connectivity index (χ2v) is 4.43. The number of piperazine rings is 1. The maximum absolute atomic E-state index is 5.26. The lowest BCUT2D eigenvalue weighted by Crippen LogP contribution is -2.47. The molecule has 16 heavy (non-hydrogen) atoms. The molecule has 2 fully saturated rings. The first-order chi connectivity index (χ1) is 7.92. The zero-order valence-electron chi connectivity index (χ0n) is 9.38. The average Bonchev–Trinajstić information content (AvgIpc) is 3.15. The van der Waals surface area contributed by atoms with Gasteiger partial charge in [-0.25, -0.2) is 4.98 Å². The molecule has 0 aliphatic carbocycles. The van der Waals surface area contributed by atoms with Crippen LogP contribution in [0.15, 0.2) is 24.4 Å². The maximum atomic E-state index is 5.26. The van der Waals surface area contributed by atoms with E-state index < -0.39 is 0 Å². The molecule has 0 saturated carbocycles. The van der Waals surface area contributed by atoms with E-state index in [0.717, 1.165) is 45.1 Å². The van der Waals surface area contributed by atoms with Crippen LogP contribution in [-0.4, -0.2) is 55.3 Å². The number of anilines is 1. The van der Waals surface area contributed by atoms with Crippen LogP contribution in [0, 0.1) is 0 Å². The number of rotatable bonds is 3. The van der Waals surface area contributed by atoms with Crippen molar-refractivity contribution in [3.8, 4) is 0 Å². The Balaban J connectivity index is 1.53. The van der Waals surface area contributed by atoms with E-state index >= 15 is 0 Å². The largest absolute Gasteiger partial charge is 0.372 e. The standard InChI is InChI=1S/C12H17N3O/c1-2-4-13-12(3-1)15-7-5-14(6-8-15)9-11-10-16-11/h1-4,11H,5-10H2. The van der Waals surface area contributed by atoms with Crippen LogP contribution in [-0.2, 0) is 4.74 Å². The number of epoxide rings is 1. The minimum atomic E-state index is 0.515. The number of pyridine rings is 1. The van der Waals surface area contributed by atoms with Crippen molar-refractivity contribution < 1.29 is 4.74 Å². The molecule has 0 bridgehead atoms. The summed E-state index contributed by atoms with van der Waals surface area (Å²) in [6.07, 6.45) is 2.38. The summed E-state index contributed by atoms with van der Waals surface area (Å²) in [6, 6.07) is 6.09. The summed E-state index contributed by atoms with van der Waals surface area (Å²) in [5.74, 6) is 1.10. The molecule has 0 radical (unpaired) electrons. The fourth-order valence-corrected chi connectivity index (χ4v) is 2.16. The molecule has 3 heterocycles. The predicted octanol–water partition coefficient (Wildman–Crippen LogP) is 0.602. The third-order valence-electron chi connectivity index (χ3n) is 3.21. The molecule has 1 aromatic rings. The van der Waals surface area contributed by atoms with Gasteiger partial charge in [-0.15, -0.1) is 0 Å². The van der Waals surface area contributed by atoms with Crippen LogP contribution in [0.3, 0.4) is 0 Å². The Labute approximate surface area is 95.8 Å². The molecular formula is C12H17N3O. The summed E-state index contributed by atoms with van der Waals surface area (Å²) in [4.78, 5) is 9.22. The van der Waals surface area contributed by atoms with Crippen LogP contribution in [0.25, 0.3) is 0 Å². The van der Waals surface area contributed by atoms with Gasteiger partial charge in [0.25, 0.3) is 0 Å². The van der Waals surface area contributed by atoms with Gasteiger partial charge in [0.15, 0.2) is 0 Å². The molecule has 1 atom stereocenters. The molecule has 0 aromatic carbocycles. The minimum absolute atomic E-state index is 0.515. The normalized spacial score (nSPS) is 25.8. The number of hydrogen-bond donors (Lipinski definition) is 0. The summed E-state index contributed by atoms with van der Waals surface area (Å²) in [7, 11) is 0. The summed E-state index contributed by atoms with van der Waals surface area (Å²) >= 11 is 0. The third-order valence-corrected chi connectivity index (χ3v) is 3.21. The van der Waals surface area contributed by atoms with Crippen LogP contribution >= 0.6 is 0 Å². The van der Waals surface area contributed by atoms with Gasteiger partial charge in [-0.1, -0.05) is 6.07 Å². The van der Waals surface area contributed by atoms with E-state index in [1.807, 2.05) is 18.3 Å². The lowest BCUT2D eigenvalue weighted by Gasteiger charge is -2.35. The van der Waals surface area contributed by atoms with Crippen molar-refractivity contribution in [2.45, 2.75) is 6.10 Å². The van der Waals surface area contributed by atoms with Crippen LogP contribution in [0.2, 0.25) is 0 Å². The molecule has 4 nitrogen and oxygen atoms in total. The molecule has 2 aliphatic rings. The topological polar surface area (TPSA) is 31.9 Å². The summed E-state index contributed by atoms with van der Waals surface area (Å²) in [6.45, 7) is 6.46. The molecule has 0 spiro atoms. The van der Waals surface area contributed by atoms with Gasteiger partial charge in [0, 0.05) is 38.9 Å². The third kappa shape index (κ3) is 2.33. The van der Waals surface area contributed by atoms with Crippen molar-refractivity contribution in [3.05, 3.63) is 24.4 Å². The van der Waals surface area contributed by atoms with Crippen LogP contribution < -0.4 is 4.90 Å². The zero-order chi connectivity index (χ0) is 10.8.